The Morgan fingerprint density at radius 1 is 0.977 bits per heavy atom. The van der Waals surface area contributed by atoms with Gasteiger partial charge in [0.2, 0.25) is 0 Å². The predicted molar refractivity (Wildman–Crippen MR) is 162 cm³/mol. The number of β-amino-alcohol motifs (C(OH)–C–C–N with tert-alkyl or cyclic N) is 1. The lowest BCUT2D eigenvalue weighted by atomic mass is 10.1. The van der Waals surface area contributed by atoms with E-state index in [2.05, 4.69) is 40.7 Å². The van der Waals surface area contributed by atoms with Crippen molar-refractivity contribution in [2.75, 3.05) is 60.2 Å². The van der Waals surface area contributed by atoms with Crippen LogP contribution in [0.15, 0.2) is 61.1 Å². The number of amides is 2. The van der Waals surface area contributed by atoms with E-state index < -0.39 is 23.6 Å². The zero-order valence-corrected chi connectivity index (χ0v) is 24.4. The largest absolute Gasteiger partial charge is 0.416 e. The summed E-state index contributed by atoms with van der Waals surface area (Å²) in [7, 11) is 0. The van der Waals surface area contributed by atoms with E-state index in [0.29, 0.717) is 39.3 Å². The fraction of sp³-hybridized carbons (Fsp3) is 0.276. The van der Waals surface area contributed by atoms with Crippen LogP contribution in [-0.4, -0.2) is 76.1 Å². The van der Waals surface area contributed by atoms with Crippen molar-refractivity contribution in [3.05, 3.63) is 82.6 Å². The van der Waals surface area contributed by atoms with E-state index in [0.717, 1.165) is 55.5 Å². The molecule has 0 spiro atoms. The number of hydrogen-bond acceptors (Lipinski definition) is 10. The minimum Gasteiger partial charge on any atom is -0.395 e. The van der Waals surface area contributed by atoms with Crippen LogP contribution in [0, 0.1) is 6.92 Å². The van der Waals surface area contributed by atoms with Gasteiger partial charge < -0.3 is 26.0 Å². The molecule has 1 aliphatic heterocycles. The van der Waals surface area contributed by atoms with Crippen LogP contribution in [0.3, 0.4) is 0 Å². The second kappa shape index (κ2) is 13.4. The molecule has 1 saturated heterocycles. The van der Waals surface area contributed by atoms with E-state index in [-0.39, 0.29) is 12.2 Å². The van der Waals surface area contributed by atoms with Crippen LogP contribution in [-0.2, 0) is 6.18 Å². The quantitative estimate of drug-likeness (QED) is 0.210. The molecule has 15 heteroatoms. The number of anilines is 5. The van der Waals surface area contributed by atoms with Gasteiger partial charge in [0.15, 0.2) is 5.13 Å². The van der Waals surface area contributed by atoms with E-state index in [4.69, 9.17) is 5.11 Å². The fourth-order valence-corrected chi connectivity index (χ4v) is 5.25. The summed E-state index contributed by atoms with van der Waals surface area (Å²) in [6, 6.07) is 10.8. The highest BCUT2D eigenvalue weighted by Gasteiger charge is 2.31. The summed E-state index contributed by atoms with van der Waals surface area (Å²) in [5.41, 5.74) is 0.360. The monoisotopic (exact) mass is 626 g/mol. The maximum absolute atomic E-state index is 13.1. The molecule has 0 bridgehead atoms. The number of thiazole rings is 1. The van der Waals surface area contributed by atoms with E-state index in [1.807, 2.05) is 6.07 Å². The highest BCUT2D eigenvalue weighted by molar-refractivity contribution is 7.17. The molecule has 2 amide bonds. The van der Waals surface area contributed by atoms with Crippen molar-refractivity contribution in [1.29, 1.82) is 0 Å². The van der Waals surface area contributed by atoms with Gasteiger partial charge in [0.1, 0.15) is 22.8 Å². The maximum Gasteiger partial charge on any atom is 0.416 e. The van der Waals surface area contributed by atoms with Crippen molar-refractivity contribution in [1.82, 2.24) is 19.9 Å². The first-order valence-electron chi connectivity index (χ1n) is 13.6. The highest BCUT2D eigenvalue weighted by Crippen LogP contribution is 2.30. The number of aromatic nitrogens is 3. The first-order chi connectivity index (χ1) is 21.1. The standard InChI is InChI=1S/C29H29F3N8O3S/c1-18-5-6-21(36-26(42)19-3-2-4-20(13-19)29(30,31)32)14-22(18)37-27(43)23-16-33-28(44-23)38-24-15-25(35-17-34-24)40-9-7-39(8-10-40)11-12-41/h2-6,13-17,41H,7-12H2,1H3,(H,36,42)(H,37,43)(H,33,34,35,38). The molecular weight excluding hydrogens is 597 g/mol. The van der Waals surface area contributed by atoms with Crippen LogP contribution in [0.5, 0.6) is 0 Å². The molecule has 0 saturated carbocycles. The molecule has 0 atom stereocenters. The van der Waals surface area contributed by atoms with Gasteiger partial charge in [0.05, 0.1) is 18.4 Å². The molecule has 2 aromatic carbocycles. The molecule has 5 rings (SSSR count). The van der Waals surface area contributed by atoms with Gasteiger partial charge in [0, 0.05) is 55.7 Å². The predicted octanol–water partition coefficient (Wildman–Crippen LogP) is 4.62. The lowest BCUT2D eigenvalue weighted by Gasteiger charge is -2.35. The summed E-state index contributed by atoms with van der Waals surface area (Å²) >= 11 is 1.12. The zero-order chi connectivity index (χ0) is 31.3. The summed E-state index contributed by atoms with van der Waals surface area (Å²) in [6.45, 7) is 5.74. The minimum absolute atomic E-state index is 0.131. The van der Waals surface area contributed by atoms with Gasteiger partial charge in [-0.15, -0.1) is 0 Å². The number of nitrogens with zero attached hydrogens (tertiary/aromatic N) is 5. The number of aliphatic hydroxyl groups is 1. The third kappa shape index (κ3) is 7.67. The number of carbonyl (C=O) groups is 2. The van der Waals surface area contributed by atoms with Gasteiger partial charge in [-0.05, 0) is 42.8 Å². The average Bonchev–Trinajstić information content (AvgIpc) is 3.48. The Bertz CT molecular complexity index is 1640. The molecule has 2 aromatic heterocycles. The lowest BCUT2D eigenvalue weighted by Crippen LogP contribution is -2.47. The third-order valence-electron chi connectivity index (χ3n) is 6.93. The number of aryl methyl sites for hydroxylation is 1. The number of carbonyl (C=O) groups excluding carboxylic acids is 2. The molecule has 0 radical (unpaired) electrons. The van der Waals surface area contributed by atoms with Gasteiger partial charge in [-0.3, -0.25) is 14.5 Å². The smallest absolute Gasteiger partial charge is 0.395 e. The fourth-order valence-electron chi connectivity index (χ4n) is 4.54. The van der Waals surface area contributed by atoms with E-state index in [1.54, 1.807) is 19.1 Å². The molecule has 0 aliphatic carbocycles. The van der Waals surface area contributed by atoms with Gasteiger partial charge >= 0.3 is 6.18 Å². The van der Waals surface area contributed by atoms with E-state index in [1.165, 1.54) is 30.7 Å². The number of piperazine rings is 1. The SMILES string of the molecule is Cc1ccc(NC(=O)c2cccc(C(F)(F)F)c2)cc1NC(=O)c1cnc(Nc2cc(N3CCN(CCO)CC3)ncn2)s1. The number of aliphatic hydroxyl groups excluding tert-OH is 1. The number of hydrogen-bond donors (Lipinski definition) is 4. The van der Waals surface area contributed by atoms with E-state index in [9.17, 15) is 22.8 Å². The van der Waals surface area contributed by atoms with Crippen LogP contribution in [0.1, 0.15) is 31.2 Å². The van der Waals surface area contributed by atoms with Crippen molar-refractivity contribution in [2.24, 2.45) is 0 Å². The third-order valence-corrected chi connectivity index (χ3v) is 7.84. The Balaban J connectivity index is 1.21. The van der Waals surface area contributed by atoms with Gasteiger partial charge in [-0.2, -0.15) is 13.2 Å². The van der Waals surface area contributed by atoms with Crippen molar-refractivity contribution in [3.63, 3.8) is 0 Å². The first-order valence-corrected chi connectivity index (χ1v) is 14.4. The summed E-state index contributed by atoms with van der Waals surface area (Å²) in [5.74, 6) is 0.140. The van der Waals surface area contributed by atoms with Gasteiger partial charge in [0.25, 0.3) is 11.8 Å². The number of benzene rings is 2. The number of halogens is 3. The van der Waals surface area contributed by atoms with Gasteiger partial charge in [-0.25, -0.2) is 15.0 Å². The summed E-state index contributed by atoms with van der Waals surface area (Å²) < 4.78 is 39.2. The van der Waals surface area contributed by atoms with Crippen LogP contribution in [0.25, 0.3) is 0 Å². The Kier molecular flexibility index (Phi) is 9.37. The Morgan fingerprint density at radius 2 is 1.77 bits per heavy atom. The van der Waals surface area contributed by atoms with Crippen LogP contribution in [0.2, 0.25) is 0 Å². The zero-order valence-electron chi connectivity index (χ0n) is 23.6. The highest BCUT2D eigenvalue weighted by atomic mass is 32.1. The van der Waals surface area contributed by atoms with E-state index >= 15 is 0 Å². The van der Waals surface area contributed by atoms with Crippen molar-refractivity contribution < 1.29 is 27.9 Å². The molecule has 1 fully saturated rings. The number of alkyl halides is 3. The molecule has 230 valence electrons. The lowest BCUT2D eigenvalue weighted by molar-refractivity contribution is -0.137. The molecule has 11 nitrogen and oxygen atoms in total. The minimum atomic E-state index is -4.57. The number of rotatable bonds is 9. The molecule has 0 unspecified atom stereocenters. The van der Waals surface area contributed by atoms with Crippen molar-refractivity contribution in [3.8, 4) is 0 Å². The Hall–Kier alpha value is -4.60. The Labute approximate surface area is 254 Å². The normalized spacial score (nSPS) is 13.9. The molecule has 1 aliphatic rings. The number of nitrogens with one attached hydrogen (secondary N) is 3. The van der Waals surface area contributed by atoms with Crippen LogP contribution >= 0.6 is 11.3 Å². The average molecular weight is 627 g/mol. The van der Waals surface area contributed by atoms with Crippen LogP contribution in [0.4, 0.5) is 41.3 Å². The second-order valence-corrected chi connectivity index (χ2v) is 11.0. The molecule has 3 heterocycles. The first kappa shape index (κ1) is 30.8. The molecule has 4 N–H and O–H groups in total. The second-order valence-electron chi connectivity index (χ2n) is 9.98. The molecule has 44 heavy (non-hydrogen) atoms. The summed E-state index contributed by atoms with van der Waals surface area (Å²) in [6.07, 6.45) is -1.68. The van der Waals surface area contributed by atoms with Crippen LogP contribution < -0.4 is 20.9 Å². The molecular formula is C29H29F3N8O3S. The Morgan fingerprint density at radius 3 is 2.52 bits per heavy atom. The van der Waals surface area contributed by atoms with Crippen molar-refractivity contribution >= 4 is 51.3 Å². The topological polar surface area (TPSA) is 136 Å². The van der Waals surface area contributed by atoms with Gasteiger partial charge in [-0.1, -0.05) is 23.5 Å². The summed E-state index contributed by atoms with van der Waals surface area (Å²) in [4.78, 5) is 43.2. The van der Waals surface area contributed by atoms with Crippen molar-refractivity contribution in [2.45, 2.75) is 13.1 Å². The summed E-state index contributed by atoms with van der Waals surface area (Å²) in [5, 5.41) is 18.1. The molecule has 4 aromatic rings. The maximum atomic E-state index is 13.1.